The molecule has 0 bridgehead atoms. The van der Waals surface area contributed by atoms with Crippen LogP contribution in [0, 0.1) is 5.92 Å². The predicted octanol–water partition coefficient (Wildman–Crippen LogP) is 2.73. The highest BCUT2D eigenvalue weighted by Crippen LogP contribution is 2.22. The van der Waals surface area contributed by atoms with Crippen molar-refractivity contribution in [3.63, 3.8) is 0 Å². The van der Waals surface area contributed by atoms with Crippen molar-refractivity contribution in [2.45, 2.75) is 19.4 Å². The lowest BCUT2D eigenvalue weighted by atomic mass is 9.96. The first kappa shape index (κ1) is 13.4. The molecule has 98 valence electrons. The van der Waals surface area contributed by atoms with Crippen molar-refractivity contribution < 1.29 is 9.53 Å². The van der Waals surface area contributed by atoms with Crippen LogP contribution in [0.1, 0.15) is 18.4 Å². The van der Waals surface area contributed by atoms with E-state index in [0.717, 1.165) is 43.1 Å². The second-order valence-corrected chi connectivity index (χ2v) is 5.07. The number of carbonyl (C=O) groups excluding carboxylic acids is 1. The van der Waals surface area contributed by atoms with Gasteiger partial charge in [0.05, 0.1) is 13.0 Å². The molecule has 0 aliphatic carbocycles. The van der Waals surface area contributed by atoms with E-state index in [0.29, 0.717) is 0 Å². The standard InChI is InChI=1S/C14H18ClNO2/c1-18-14(17)11-6-8-16(9-7-11)10-12-4-2-3-5-13(12)15/h2-5,11H,6-10H2,1H3. The van der Waals surface area contributed by atoms with Crippen molar-refractivity contribution in [1.29, 1.82) is 0 Å². The maximum absolute atomic E-state index is 11.4. The van der Waals surface area contributed by atoms with Crippen LogP contribution in [0.4, 0.5) is 0 Å². The van der Waals surface area contributed by atoms with Crippen LogP contribution in [0.25, 0.3) is 0 Å². The second-order valence-electron chi connectivity index (χ2n) is 4.66. The van der Waals surface area contributed by atoms with E-state index >= 15 is 0 Å². The van der Waals surface area contributed by atoms with E-state index in [1.807, 2.05) is 18.2 Å². The molecule has 1 saturated heterocycles. The average molecular weight is 268 g/mol. The van der Waals surface area contributed by atoms with Crippen molar-refractivity contribution in [3.8, 4) is 0 Å². The normalized spacial score (nSPS) is 17.7. The molecular weight excluding hydrogens is 250 g/mol. The number of halogens is 1. The Morgan fingerprint density at radius 3 is 2.67 bits per heavy atom. The van der Waals surface area contributed by atoms with Crippen LogP contribution < -0.4 is 0 Å². The van der Waals surface area contributed by atoms with Gasteiger partial charge in [-0.25, -0.2) is 0 Å². The molecule has 1 aliphatic rings. The number of benzene rings is 1. The predicted molar refractivity (Wildman–Crippen MR) is 71.5 cm³/mol. The number of likely N-dealkylation sites (tertiary alicyclic amines) is 1. The topological polar surface area (TPSA) is 29.5 Å². The summed E-state index contributed by atoms with van der Waals surface area (Å²) in [7, 11) is 1.46. The first-order valence-electron chi connectivity index (χ1n) is 6.24. The van der Waals surface area contributed by atoms with E-state index in [-0.39, 0.29) is 11.9 Å². The Balaban J connectivity index is 1.87. The number of piperidine rings is 1. The minimum Gasteiger partial charge on any atom is -0.469 e. The van der Waals surface area contributed by atoms with Gasteiger partial charge >= 0.3 is 5.97 Å². The molecule has 18 heavy (non-hydrogen) atoms. The van der Waals surface area contributed by atoms with E-state index in [2.05, 4.69) is 11.0 Å². The Hall–Kier alpha value is -1.06. The summed E-state index contributed by atoms with van der Waals surface area (Å²) in [6.45, 7) is 2.70. The summed E-state index contributed by atoms with van der Waals surface area (Å²) in [5, 5.41) is 0.813. The van der Waals surface area contributed by atoms with E-state index < -0.39 is 0 Å². The molecule has 2 rings (SSSR count). The molecule has 0 amide bonds. The molecule has 0 N–H and O–H groups in total. The van der Waals surface area contributed by atoms with Gasteiger partial charge in [-0.2, -0.15) is 0 Å². The number of hydrogen-bond donors (Lipinski definition) is 0. The van der Waals surface area contributed by atoms with Gasteiger partial charge in [-0.1, -0.05) is 29.8 Å². The Morgan fingerprint density at radius 2 is 2.06 bits per heavy atom. The molecule has 3 nitrogen and oxygen atoms in total. The van der Waals surface area contributed by atoms with Crippen LogP contribution >= 0.6 is 11.6 Å². The highest BCUT2D eigenvalue weighted by Gasteiger charge is 2.25. The van der Waals surface area contributed by atoms with E-state index in [4.69, 9.17) is 16.3 Å². The molecule has 4 heteroatoms. The summed E-state index contributed by atoms with van der Waals surface area (Å²) in [6.07, 6.45) is 1.74. The molecule has 0 radical (unpaired) electrons. The van der Waals surface area contributed by atoms with Gasteiger partial charge < -0.3 is 4.74 Å². The van der Waals surface area contributed by atoms with Crippen LogP contribution in [-0.2, 0) is 16.1 Å². The molecule has 0 spiro atoms. The third-order valence-electron chi connectivity index (χ3n) is 3.47. The molecule has 1 aromatic carbocycles. The molecule has 1 aromatic rings. The lowest BCUT2D eigenvalue weighted by Gasteiger charge is -2.30. The van der Waals surface area contributed by atoms with Crippen LogP contribution in [0.5, 0.6) is 0 Å². The highest BCUT2D eigenvalue weighted by molar-refractivity contribution is 6.31. The fourth-order valence-corrected chi connectivity index (χ4v) is 2.56. The summed E-state index contributed by atoms with van der Waals surface area (Å²) in [5.74, 6) is -0.00936. The van der Waals surface area contributed by atoms with Gasteiger partial charge in [0.15, 0.2) is 0 Å². The zero-order chi connectivity index (χ0) is 13.0. The Morgan fingerprint density at radius 1 is 1.39 bits per heavy atom. The lowest BCUT2D eigenvalue weighted by Crippen LogP contribution is -2.36. The van der Waals surface area contributed by atoms with Gasteiger partial charge in [-0.15, -0.1) is 0 Å². The smallest absolute Gasteiger partial charge is 0.308 e. The quantitative estimate of drug-likeness (QED) is 0.789. The van der Waals surface area contributed by atoms with Gasteiger partial charge in [0.1, 0.15) is 0 Å². The molecule has 0 unspecified atom stereocenters. The van der Waals surface area contributed by atoms with E-state index in [1.165, 1.54) is 7.11 Å². The summed E-state index contributed by atoms with van der Waals surface area (Å²) in [4.78, 5) is 13.8. The number of hydrogen-bond acceptors (Lipinski definition) is 3. The molecule has 0 aromatic heterocycles. The molecule has 0 atom stereocenters. The van der Waals surface area contributed by atoms with Crippen LogP contribution in [0.15, 0.2) is 24.3 Å². The zero-order valence-corrected chi connectivity index (χ0v) is 11.3. The third kappa shape index (κ3) is 3.24. The third-order valence-corrected chi connectivity index (χ3v) is 3.84. The van der Waals surface area contributed by atoms with Crippen LogP contribution in [-0.4, -0.2) is 31.1 Å². The van der Waals surface area contributed by atoms with Crippen molar-refractivity contribution in [3.05, 3.63) is 34.9 Å². The van der Waals surface area contributed by atoms with Crippen LogP contribution in [0.3, 0.4) is 0 Å². The fourth-order valence-electron chi connectivity index (χ4n) is 2.36. The van der Waals surface area contributed by atoms with Crippen molar-refractivity contribution >= 4 is 17.6 Å². The van der Waals surface area contributed by atoms with Crippen molar-refractivity contribution in [2.24, 2.45) is 5.92 Å². The number of carbonyl (C=O) groups is 1. The molecule has 1 aliphatic heterocycles. The fraction of sp³-hybridized carbons (Fsp3) is 0.500. The average Bonchev–Trinajstić information content (AvgIpc) is 2.41. The lowest BCUT2D eigenvalue weighted by molar-refractivity contribution is -0.147. The maximum atomic E-state index is 11.4. The minimum atomic E-state index is -0.0765. The van der Waals surface area contributed by atoms with Crippen LogP contribution in [0.2, 0.25) is 5.02 Å². The van der Waals surface area contributed by atoms with E-state index in [9.17, 15) is 4.79 Å². The number of rotatable bonds is 3. The SMILES string of the molecule is COC(=O)C1CCN(Cc2ccccc2Cl)CC1. The van der Waals surface area contributed by atoms with E-state index in [1.54, 1.807) is 0 Å². The summed E-state index contributed by atoms with van der Waals surface area (Å²) < 4.78 is 4.78. The molecule has 1 heterocycles. The largest absolute Gasteiger partial charge is 0.469 e. The van der Waals surface area contributed by atoms with Gasteiger partial charge in [0.2, 0.25) is 0 Å². The highest BCUT2D eigenvalue weighted by atomic mass is 35.5. The number of methoxy groups -OCH3 is 1. The van der Waals surface area contributed by atoms with Gasteiger partial charge in [-0.05, 0) is 37.6 Å². The zero-order valence-electron chi connectivity index (χ0n) is 10.6. The summed E-state index contributed by atoms with van der Waals surface area (Å²) in [5.41, 5.74) is 1.15. The summed E-state index contributed by atoms with van der Waals surface area (Å²) >= 11 is 6.14. The molecule has 1 fully saturated rings. The summed E-state index contributed by atoms with van der Waals surface area (Å²) in [6, 6.07) is 7.91. The number of esters is 1. The van der Waals surface area contributed by atoms with Gasteiger partial charge in [-0.3, -0.25) is 9.69 Å². The first-order valence-corrected chi connectivity index (χ1v) is 6.62. The van der Waals surface area contributed by atoms with Gasteiger partial charge in [0.25, 0.3) is 0 Å². The molecular formula is C14H18ClNO2. The molecule has 0 saturated carbocycles. The Bertz CT molecular complexity index is 414. The Kier molecular flexibility index (Phi) is 4.61. The van der Waals surface area contributed by atoms with Gasteiger partial charge in [0, 0.05) is 11.6 Å². The minimum absolute atomic E-state index is 0.0671. The number of ether oxygens (including phenoxy) is 1. The van der Waals surface area contributed by atoms with Crippen molar-refractivity contribution in [2.75, 3.05) is 20.2 Å². The maximum Gasteiger partial charge on any atom is 0.308 e. The monoisotopic (exact) mass is 267 g/mol. The van der Waals surface area contributed by atoms with Crippen molar-refractivity contribution in [1.82, 2.24) is 4.90 Å². The first-order chi connectivity index (χ1) is 8.70. The second kappa shape index (κ2) is 6.21. The number of nitrogens with zero attached hydrogens (tertiary/aromatic N) is 1. The Labute approximate surface area is 113 Å².